The number of ether oxygens (including phenoxy) is 2. The van der Waals surface area contributed by atoms with Gasteiger partial charge in [0, 0.05) is 18.0 Å². The zero-order chi connectivity index (χ0) is 13.0. The van der Waals surface area contributed by atoms with Crippen molar-refractivity contribution < 1.29 is 9.47 Å². The van der Waals surface area contributed by atoms with E-state index in [1.807, 2.05) is 24.3 Å². The number of hydrogen-bond donors (Lipinski definition) is 1. The fraction of sp³-hybridized carbons (Fsp3) is 0.231. The molecule has 0 fully saturated rings. The van der Waals surface area contributed by atoms with Crippen LogP contribution in [0.2, 0.25) is 0 Å². The SMILES string of the molecule is COc1ccc(C(N)c2cnc(OC)nc2)cc1. The van der Waals surface area contributed by atoms with Crippen LogP contribution in [-0.2, 0) is 0 Å². The summed E-state index contributed by atoms with van der Waals surface area (Å²) in [6.07, 6.45) is 3.33. The summed E-state index contributed by atoms with van der Waals surface area (Å²) in [7, 11) is 3.16. The maximum Gasteiger partial charge on any atom is 0.316 e. The van der Waals surface area contributed by atoms with Gasteiger partial charge in [-0.25, -0.2) is 9.97 Å². The molecule has 1 aromatic heterocycles. The highest BCUT2D eigenvalue weighted by Gasteiger charge is 2.10. The van der Waals surface area contributed by atoms with Gasteiger partial charge in [-0.3, -0.25) is 0 Å². The maximum absolute atomic E-state index is 6.14. The summed E-state index contributed by atoms with van der Waals surface area (Å²) in [4.78, 5) is 8.08. The zero-order valence-electron chi connectivity index (χ0n) is 10.3. The lowest BCUT2D eigenvalue weighted by Crippen LogP contribution is -2.12. The van der Waals surface area contributed by atoms with Crippen molar-refractivity contribution in [2.45, 2.75) is 6.04 Å². The molecule has 94 valence electrons. The van der Waals surface area contributed by atoms with E-state index in [0.29, 0.717) is 6.01 Å². The van der Waals surface area contributed by atoms with E-state index in [-0.39, 0.29) is 6.04 Å². The van der Waals surface area contributed by atoms with Crippen LogP contribution in [0, 0.1) is 0 Å². The highest BCUT2D eigenvalue weighted by molar-refractivity contribution is 5.33. The number of hydrogen-bond acceptors (Lipinski definition) is 5. The average Bonchev–Trinajstić information content (AvgIpc) is 2.47. The van der Waals surface area contributed by atoms with Crippen LogP contribution in [0.5, 0.6) is 11.8 Å². The van der Waals surface area contributed by atoms with E-state index in [9.17, 15) is 0 Å². The third-order valence-corrected chi connectivity index (χ3v) is 2.66. The van der Waals surface area contributed by atoms with Gasteiger partial charge in [0.15, 0.2) is 0 Å². The van der Waals surface area contributed by atoms with Gasteiger partial charge in [0.05, 0.1) is 20.3 Å². The average molecular weight is 245 g/mol. The second-order valence-electron chi connectivity index (χ2n) is 3.75. The predicted molar refractivity (Wildman–Crippen MR) is 67.6 cm³/mol. The van der Waals surface area contributed by atoms with E-state index < -0.39 is 0 Å². The summed E-state index contributed by atoms with van der Waals surface area (Å²) in [5.74, 6) is 0.803. The number of nitrogens with two attached hydrogens (primary N) is 1. The lowest BCUT2D eigenvalue weighted by molar-refractivity contribution is 0.379. The van der Waals surface area contributed by atoms with Crippen molar-refractivity contribution in [3.05, 3.63) is 47.8 Å². The molecule has 0 aliphatic carbocycles. The molecule has 2 N–H and O–H groups in total. The van der Waals surface area contributed by atoms with Gasteiger partial charge in [-0.1, -0.05) is 12.1 Å². The molecule has 0 bridgehead atoms. The summed E-state index contributed by atoms with van der Waals surface area (Å²) >= 11 is 0. The predicted octanol–water partition coefficient (Wildman–Crippen LogP) is 1.54. The molecule has 0 amide bonds. The van der Waals surface area contributed by atoms with Gasteiger partial charge in [0.1, 0.15) is 5.75 Å². The van der Waals surface area contributed by atoms with Gasteiger partial charge < -0.3 is 15.2 Å². The summed E-state index contributed by atoms with van der Waals surface area (Å²) in [6, 6.07) is 7.67. The molecule has 0 saturated carbocycles. The molecule has 0 saturated heterocycles. The minimum Gasteiger partial charge on any atom is -0.497 e. The Labute approximate surface area is 106 Å². The van der Waals surface area contributed by atoms with Crippen LogP contribution in [0.15, 0.2) is 36.7 Å². The minimum absolute atomic E-state index is 0.262. The largest absolute Gasteiger partial charge is 0.497 e. The number of rotatable bonds is 4. The molecule has 5 nitrogen and oxygen atoms in total. The Morgan fingerprint density at radius 1 is 0.944 bits per heavy atom. The van der Waals surface area contributed by atoms with Crippen molar-refractivity contribution in [1.82, 2.24) is 9.97 Å². The van der Waals surface area contributed by atoms with Crippen molar-refractivity contribution in [2.24, 2.45) is 5.73 Å². The van der Waals surface area contributed by atoms with Crippen LogP contribution in [0.25, 0.3) is 0 Å². The number of methoxy groups -OCH3 is 2. The Balaban J connectivity index is 2.20. The van der Waals surface area contributed by atoms with Crippen molar-refractivity contribution >= 4 is 0 Å². The first-order chi connectivity index (χ1) is 8.74. The lowest BCUT2D eigenvalue weighted by Gasteiger charge is -2.12. The van der Waals surface area contributed by atoms with Crippen molar-refractivity contribution in [1.29, 1.82) is 0 Å². The molecule has 18 heavy (non-hydrogen) atoms. The highest BCUT2D eigenvalue weighted by atomic mass is 16.5. The van der Waals surface area contributed by atoms with Crippen LogP contribution in [0.1, 0.15) is 17.2 Å². The third-order valence-electron chi connectivity index (χ3n) is 2.66. The topological polar surface area (TPSA) is 70.3 Å². The Bertz CT molecular complexity index is 449. The van der Waals surface area contributed by atoms with Gasteiger partial charge in [0.2, 0.25) is 0 Å². The Kier molecular flexibility index (Phi) is 3.74. The lowest BCUT2D eigenvalue weighted by atomic mass is 10.0. The van der Waals surface area contributed by atoms with E-state index in [4.69, 9.17) is 15.2 Å². The number of aromatic nitrogens is 2. The summed E-state index contributed by atoms with van der Waals surface area (Å²) in [5, 5.41) is 0. The second-order valence-corrected chi connectivity index (χ2v) is 3.75. The van der Waals surface area contributed by atoms with Crippen LogP contribution in [0.4, 0.5) is 0 Å². The molecule has 0 radical (unpaired) electrons. The van der Waals surface area contributed by atoms with Gasteiger partial charge in [-0.05, 0) is 17.7 Å². The smallest absolute Gasteiger partial charge is 0.316 e. The molecule has 0 aliphatic heterocycles. The van der Waals surface area contributed by atoms with E-state index in [1.54, 1.807) is 19.5 Å². The van der Waals surface area contributed by atoms with Crippen LogP contribution in [-0.4, -0.2) is 24.2 Å². The van der Waals surface area contributed by atoms with Crippen LogP contribution < -0.4 is 15.2 Å². The Morgan fingerprint density at radius 2 is 1.56 bits per heavy atom. The van der Waals surface area contributed by atoms with E-state index >= 15 is 0 Å². The van der Waals surface area contributed by atoms with Gasteiger partial charge >= 0.3 is 6.01 Å². The standard InChI is InChI=1S/C13H15N3O2/c1-17-11-5-3-9(4-6-11)12(14)10-7-15-13(18-2)16-8-10/h3-8,12H,14H2,1-2H3. The zero-order valence-corrected chi connectivity index (χ0v) is 10.3. The van der Waals surface area contributed by atoms with Crippen LogP contribution >= 0.6 is 0 Å². The van der Waals surface area contributed by atoms with Gasteiger partial charge in [-0.2, -0.15) is 0 Å². The fourth-order valence-corrected chi connectivity index (χ4v) is 1.60. The first-order valence-electron chi connectivity index (χ1n) is 5.50. The molecule has 1 unspecified atom stereocenters. The number of benzene rings is 1. The quantitative estimate of drug-likeness (QED) is 0.884. The van der Waals surface area contributed by atoms with Crippen molar-refractivity contribution in [3.8, 4) is 11.8 Å². The summed E-state index contributed by atoms with van der Waals surface area (Å²) < 4.78 is 10.0. The Hall–Kier alpha value is -2.14. The second kappa shape index (κ2) is 5.46. The molecular weight excluding hydrogens is 230 g/mol. The third kappa shape index (κ3) is 2.57. The molecule has 2 rings (SSSR count). The first kappa shape index (κ1) is 12.3. The molecule has 1 atom stereocenters. The molecule has 0 spiro atoms. The molecule has 1 heterocycles. The molecule has 1 aromatic carbocycles. The number of nitrogens with zero attached hydrogens (tertiary/aromatic N) is 2. The highest BCUT2D eigenvalue weighted by Crippen LogP contribution is 2.21. The van der Waals surface area contributed by atoms with Crippen LogP contribution in [0.3, 0.4) is 0 Å². The summed E-state index contributed by atoms with van der Waals surface area (Å²) in [6.45, 7) is 0. The van der Waals surface area contributed by atoms with Gasteiger partial charge in [0.25, 0.3) is 0 Å². The van der Waals surface area contributed by atoms with E-state index in [2.05, 4.69) is 9.97 Å². The van der Waals surface area contributed by atoms with Crippen molar-refractivity contribution in [2.75, 3.05) is 14.2 Å². The normalized spacial score (nSPS) is 11.9. The monoisotopic (exact) mass is 245 g/mol. The maximum atomic E-state index is 6.14. The fourth-order valence-electron chi connectivity index (χ4n) is 1.60. The van der Waals surface area contributed by atoms with E-state index in [1.165, 1.54) is 7.11 Å². The first-order valence-corrected chi connectivity index (χ1v) is 5.50. The minimum atomic E-state index is -0.262. The molecular formula is C13H15N3O2. The van der Waals surface area contributed by atoms with Gasteiger partial charge in [-0.15, -0.1) is 0 Å². The Morgan fingerprint density at radius 3 is 2.06 bits per heavy atom. The molecule has 5 heteroatoms. The van der Waals surface area contributed by atoms with Crippen molar-refractivity contribution in [3.63, 3.8) is 0 Å². The molecule has 0 aliphatic rings. The summed E-state index contributed by atoms with van der Waals surface area (Å²) in [5.41, 5.74) is 7.95. The van der Waals surface area contributed by atoms with E-state index in [0.717, 1.165) is 16.9 Å². The molecule has 2 aromatic rings.